The summed E-state index contributed by atoms with van der Waals surface area (Å²) in [5.41, 5.74) is 0.0547. The molecule has 2 aromatic rings. The number of aliphatic hydroxyl groups is 2. The highest BCUT2D eigenvalue weighted by molar-refractivity contribution is 5.89. The number of nitrogens with one attached hydrogen (secondary N) is 1. The number of anilines is 1. The highest BCUT2D eigenvalue weighted by atomic mass is 19.4. The van der Waals surface area contributed by atoms with Crippen LogP contribution in [-0.4, -0.2) is 50.8 Å². The van der Waals surface area contributed by atoms with E-state index < -0.39 is 29.7 Å². The summed E-state index contributed by atoms with van der Waals surface area (Å²) in [5.74, 6) is -0.634. The summed E-state index contributed by atoms with van der Waals surface area (Å²) in [6.45, 7) is 0.154. The molecule has 166 valence electrons. The molecular formula is C20H20F4N4O3. The lowest BCUT2D eigenvalue weighted by molar-refractivity contribution is -0.137. The van der Waals surface area contributed by atoms with Gasteiger partial charge in [-0.3, -0.25) is 10.3 Å². The number of alkyl halides is 3. The van der Waals surface area contributed by atoms with Crippen molar-refractivity contribution in [1.29, 1.82) is 0 Å². The molecule has 3 rings (SSSR count). The molecule has 0 aromatic carbocycles. The number of carbonyl (C=O) groups excluding carboxylic acids is 1. The zero-order chi connectivity index (χ0) is 22.6. The van der Waals surface area contributed by atoms with Crippen molar-refractivity contribution >= 4 is 17.4 Å². The van der Waals surface area contributed by atoms with Crippen LogP contribution in [-0.2, 0) is 6.18 Å². The normalized spacial score (nSPS) is 15.4. The van der Waals surface area contributed by atoms with Gasteiger partial charge < -0.3 is 15.1 Å². The average molecular weight is 440 g/mol. The number of carbonyl (C=O) groups is 1. The fourth-order valence-electron chi connectivity index (χ4n) is 3.05. The second-order valence-electron chi connectivity index (χ2n) is 6.91. The molecule has 31 heavy (non-hydrogen) atoms. The van der Waals surface area contributed by atoms with Crippen molar-refractivity contribution in [3.63, 3.8) is 0 Å². The van der Waals surface area contributed by atoms with Crippen LogP contribution in [0.3, 0.4) is 0 Å². The molecule has 0 bridgehead atoms. The Morgan fingerprint density at radius 2 is 2.03 bits per heavy atom. The predicted octanol–water partition coefficient (Wildman–Crippen LogP) is 3.37. The minimum Gasteiger partial charge on any atom is -0.396 e. The van der Waals surface area contributed by atoms with Crippen LogP contribution in [0.2, 0.25) is 0 Å². The molecule has 3 N–H and O–H groups in total. The van der Waals surface area contributed by atoms with Gasteiger partial charge in [0.05, 0.1) is 11.7 Å². The fraction of sp³-hybridized carbons (Fsp3) is 0.350. The van der Waals surface area contributed by atoms with Crippen molar-refractivity contribution in [1.82, 2.24) is 14.9 Å². The Morgan fingerprint density at radius 3 is 2.58 bits per heavy atom. The largest absolute Gasteiger partial charge is 0.417 e. The first-order valence-electron chi connectivity index (χ1n) is 9.42. The molecule has 3 heterocycles. The van der Waals surface area contributed by atoms with E-state index in [1.807, 2.05) is 0 Å². The summed E-state index contributed by atoms with van der Waals surface area (Å²) in [5, 5.41) is 21.1. The van der Waals surface area contributed by atoms with E-state index in [-0.39, 0.29) is 43.2 Å². The SMILES string of the molecule is O=C(Nc1ccc(C(F)(F)F)cn1)N1CC=C(c2ncc([C@@H](O)CCO)cc2F)CC1. The van der Waals surface area contributed by atoms with Crippen molar-refractivity contribution in [2.24, 2.45) is 0 Å². The topological polar surface area (TPSA) is 98.6 Å². The van der Waals surface area contributed by atoms with E-state index in [9.17, 15) is 27.5 Å². The van der Waals surface area contributed by atoms with E-state index in [4.69, 9.17) is 5.11 Å². The molecule has 1 aliphatic heterocycles. The van der Waals surface area contributed by atoms with Crippen molar-refractivity contribution < 1.29 is 32.6 Å². The maximum absolute atomic E-state index is 14.4. The number of aromatic nitrogens is 2. The lowest BCUT2D eigenvalue weighted by atomic mass is 10.0. The van der Waals surface area contributed by atoms with Crippen LogP contribution in [0.1, 0.15) is 35.8 Å². The van der Waals surface area contributed by atoms with Crippen LogP contribution in [0.4, 0.5) is 28.2 Å². The van der Waals surface area contributed by atoms with E-state index in [0.29, 0.717) is 18.2 Å². The molecule has 2 amide bonds. The maximum Gasteiger partial charge on any atom is 0.417 e. The smallest absolute Gasteiger partial charge is 0.396 e. The Bertz CT molecular complexity index is 964. The van der Waals surface area contributed by atoms with E-state index >= 15 is 0 Å². The Kier molecular flexibility index (Phi) is 6.86. The minimum absolute atomic E-state index is 0.0162. The zero-order valence-electron chi connectivity index (χ0n) is 16.2. The van der Waals surface area contributed by atoms with E-state index in [0.717, 1.165) is 12.1 Å². The van der Waals surface area contributed by atoms with Crippen LogP contribution >= 0.6 is 0 Å². The quantitative estimate of drug-likeness (QED) is 0.620. The van der Waals surface area contributed by atoms with Gasteiger partial charge in [-0.15, -0.1) is 0 Å². The highest BCUT2D eigenvalue weighted by Crippen LogP contribution is 2.29. The predicted molar refractivity (Wildman–Crippen MR) is 103 cm³/mol. The van der Waals surface area contributed by atoms with Crippen molar-refractivity contribution in [2.45, 2.75) is 25.1 Å². The molecule has 0 radical (unpaired) electrons. The first-order chi connectivity index (χ1) is 14.7. The summed E-state index contributed by atoms with van der Waals surface area (Å²) in [7, 11) is 0. The summed E-state index contributed by atoms with van der Waals surface area (Å²) >= 11 is 0. The number of nitrogens with zero attached hydrogens (tertiary/aromatic N) is 3. The number of hydrogen-bond acceptors (Lipinski definition) is 5. The molecule has 7 nitrogen and oxygen atoms in total. The van der Waals surface area contributed by atoms with Crippen LogP contribution in [0.5, 0.6) is 0 Å². The molecule has 0 unspecified atom stereocenters. The molecule has 1 atom stereocenters. The number of rotatable bonds is 5. The maximum atomic E-state index is 14.4. The van der Waals surface area contributed by atoms with E-state index in [2.05, 4.69) is 15.3 Å². The Morgan fingerprint density at radius 1 is 1.26 bits per heavy atom. The van der Waals surface area contributed by atoms with Gasteiger partial charge in [0, 0.05) is 44.1 Å². The second kappa shape index (κ2) is 9.40. The molecule has 1 aliphatic rings. The standard InChI is InChI=1S/C20H20F4N4O3/c21-15-9-13(16(30)5-8-29)10-26-18(15)12-3-6-28(7-4-12)19(31)27-17-2-1-14(11-25-17)20(22,23)24/h1-3,9-11,16,29-30H,4-8H2,(H,25,27,31)/t16-/m0/s1. The average Bonchev–Trinajstić information content (AvgIpc) is 2.73. The minimum atomic E-state index is -4.51. The zero-order valence-corrected chi connectivity index (χ0v) is 16.2. The van der Waals surface area contributed by atoms with Gasteiger partial charge in [0.1, 0.15) is 17.3 Å². The lowest BCUT2D eigenvalue weighted by Crippen LogP contribution is -2.38. The summed E-state index contributed by atoms with van der Waals surface area (Å²) in [6.07, 6.45) is -1.52. The van der Waals surface area contributed by atoms with Gasteiger partial charge in [0.15, 0.2) is 0 Å². The van der Waals surface area contributed by atoms with Crippen LogP contribution in [0.25, 0.3) is 5.57 Å². The number of halogens is 4. The lowest BCUT2D eigenvalue weighted by Gasteiger charge is -2.26. The van der Waals surface area contributed by atoms with E-state index in [1.165, 1.54) is 17.2 Å². The molecular weight excluding hydrogens is 420 g/mol. The van der Waals surface area contributed by atoms with Crippen LogP contribution in [0.15, 0.2) is 36.7 Å². The van der Waals surface area contributed by atoms with Crippen molar-refractivity contribution in [3.8, 4) is 0 Å². The molecule has 0 fully saturated rings. The molecule has 2 aromatic heterocycles. The Hall–Kier alpha value is -3.05. The summed E-state index contributed by atoms with van der Waals surface area (Å²) in [4.78, 5) is 21.4. The summed E-state index contributed by atoms with van der Waals surface area (Å²) < 4.78 is 52.2. The molecule has 0 saturated heterocycles. The third-order valence-electron chi connectivity index (χ3n) is 4.78. The van der Waals surface area contributed by atoms with Gasteiger partial charge in [-0.1, -0.05) is 6.08 Å². The highest BCUT2D eigenvalue weighted by Gasteiger charge is 2.30. The van der Waals surface area contributed by atoms with Crippen molar-refractivity contribution in [3.05, 3.63) is 59.3 Å². The monoisotopic (exact) mass is 440 g/mol. The Labute approximate surface area is 175 Å². The number of amides is 2. The van der Waals surface area contributed by atoms with Crippen LogP contribution < -0.4 is 5.32 Å². The van der Waals surface area contributed by atoms with E-state index in [1.54, 1.807) is 6.08 Å². The number of pyridine rings is 2. The summed E-state index contributed by atoms with van der Waals surface area (Å²) in [6, 6.07) is 2.52. The third-order valence-corrected chi connectivity index (χ3v) is 4.78. The van der Waals surface area contributed by atoms with Gasteiger partial charge in [-0.2, -0.15) is 13.2 Å². The van der Waals surface area contributed by atoms with Gasteiger partial charge in [0.2, 0.25) is 0 Å². The number of aliphatic hydroxyl groups excluding tert-OH is 2. The molecule has 0 saturated carbocycles. The molecule has 11 heteroatoms. The first kappa shape index (κ1) is 22.6. The third kappa shape index (κ3) is 5.56. The van der Waals surface area contributed by atoms with Crippen LogP contribution in [0, 0.1) is 5.82 Å². The Balaban J connectivity index is 1.62. The van der Waals surface area contributed by atoms with Crippen molar-refractivity contribution in [2.75, 3.05) is 25.0 Å². The second-order valence-corrected chi connectivity index (χ2v) is 6.91. The number of urea groups is 1. The van der Waals surface area contributed by atoms with Gasteiger partial charge in [0.25, 0.3) is 0 Å². The molecule has 0 spiro atoms. The van der Waals surface area contributed by atoms with Gasteiger partial charge in [-0.05, 0) is 30.2 Å². The van der Waals surface area contributed by atoms with Gasteiger partial charge >= 0.3 is 12.2 Å². The first-order valence-corrected chi connectivity index (χ1v) is 9.42. The van der Waals surface area contributed by atoms with Gasteiger partial charge in [-0.25, -0.2) is 14.2 Å². The fourth-order valence-corrected chi connectivity index (χ4v) is 3.05. The molecule has 0 aliphatic carbocycles. The number of hydrogen-bond donors (Lipinski definition) is 3.